The number of methoxy groups -OCH3 is 1. The molecular formula is C35H38O6S. The second-order valence-corrected chi connectivity index (χ2v) is 14.7. The molecule has 220 valence electrons. The van der Waals surface area contributed by atoms with Crippen LogP contribution in [0.3, 0.4) is 0 Å². The predicted octanol–water partition coefficient (Wildman–Crippen LogP) is 7.17. The van der Waals surface area contributed by atoms with E-state index in [1.54, 1.807) is 6.07 Å². The fourth-order valence-corrected chi connectivity index (χ4v) is 8.95. The van der Waals surface area contributed by atoms with E-state index in [1.807, 2.05) is 48.5 Å². The minimum absolute atomic E-state index is 0.194. The van der Waals surface area contributed by atoms with Gasteiger partial charge < -0.3 is 14.2 Å². The lowest BCUT2D eigenvalue weighted by Gasteiger charge is -2.24. The average molecular weight is 587 g/mol. The average Bonchev–Trinajstić information content (AvgIpc) is 3.97. The van der Waals surface area contributed by atoms with Crippen LogP contribution in [0, 0.1) is 5.92 Å². The molecule has 4 fully saturated rings. The van der Waals surface area contributed by atoms with Crippen LogP contribution in [0.5, 0.6) is 0 Å². The summed E-state index contributed by atoms with van der Waals surface area (Å²) in [6, 6.07) is 26.1. The number of carbonyl (C=O) groups is 1. The Kier molecular flexibility index (Phi) is 7.24. The third-order valence-corrected chi connectivity index (χ3v) is 11.9. The molecule has 0 bridgehead atoms. The standard InChI is InChI=1S/C35H38O6S/c1-39-34(36)30(27-14-17-31(29(21-27)24-12-13-24)42(37,38)28-15-16-28)20-23-18-19-35(22-23)40-32(25-8-4-2-5-9-25)33(41-35)26-10-6-3-7-11-26/h2-11,14,17,21,23-24,28,30,32-33H,12-13,15-16,18-20,22H2,1H3/t23-,30?,32-,33-/m1/s1. The van der Waals surface area contributed by atoms with E-state index in [0.717, 1.165) is 60.8 Å². The Bertz CT molecular complexity index is 1500. The molecule has 1 unspecified atom stereocenters. The number of sulfone groups is 1. The van der Waals surface area contributed by atoms with E-state index in [0.29, 0.717) is 17.7 Å². The van der Waals surface area contributed by atoms with Crippen LogP contribution in [-0.4, -0.2) is 32.5 Å². The molecule has 4 atom stereocenters. The Morgan fingerprint density at radius 1 is 0.881 bits per heavy atom. The first-order chi connectivity index (χ1) is 20.4. The normalized spacial score (nSPS) is 25.9. The zero-order chi connectivity index (χ0) is 28.9. The van der Waals surface area contributed by atoms with Crippen LogP contribution in [0.1, 0.15) is 97.7 Å². The van der Waals surface area contributed by atoms with Crippen molar-refractivity contribution >= 4 is 15.8 Å². The molecule has 3 aliphatic carbocycles. The molecule has 6 nitrogen and oxygen atoms in total. The Hall–Kier alpha value is -3.00. The van der Waals surface area contributed by atoms with E-state index in [-0.39, 0.29) is 35.3 Å². The summed E-state index contributed by atoms with van der Waals surface area (Å²) in [6.45, 7) is 0. The highest BCUT2D eigenvalue weighted by Crippen LogP contribution is 2.55. The number of carbonyl (C=O) groups excluding carboxylic acids is 1. The molecule has 0 amide bonds. The minimum Gasteiger partial charge on any atom is -0.469 e. The highest BCUT2D eigenvalue weighted by molar-refractivity contribution is 7.92. The molecule has 0 radical (unpaired) electrons. The summed E-state index contributed by atoms with van der Waals surface area (Å²) >= 11 is 0. The lowest BCUT2D eigenvalue weighted by Crippen LogP contribution is -2.27. The molecule has 1 heterocycles. The fourth-order valence-electron chi connectivity index (χ4n) is 7.03. The van der Waals surface area contributed by atoms with Crippen LogP contribution in [0.2, 0.25) is 0 Å². The van der Waals surface area contributed by atoms with Crippen molar-refractivity contribution < 1.29 is 27.4 Å². The van der Waals surface area contributed by atoms with Gasteiger partial charge >= 0.3 is 5.97 Å². The monoisotopic (exact) mass is 586 g/mol. The van der Waals surface area contributed by atoms with E-state index in [2.05, 4.69) is 24.3 Å². The molecule has 0 N–H and O–H groups in total. The van der Waals surface area contributed by atoms with Crippen LogP contribution in [0.15, 0.2) is 83.8 Å². The minimum atomic E-state index is -3.31. The van der Waals surface area contributed by atoms with Gasteiger partial charge in [-0.05, 0) is 78.7 Å². The Balaban J connectivity index is 1.14. The summed E-state index contributed by atoms with van der Waals surface area (Å²) in [7, 11) is -1.89. The van der Waals surface area contributed by atoms with Crippen molar-refractivity contribution in [2.75, 3.05) is 7.11 Å². The summed E-state index contributed by atoms with van der Waals surface area (Å²) < 4.78 is 45.3. The number of hydrogen-bond acceptors (Lipinski definition) is 6. The zero-order valence-electron chi connectivity index (χ0n) is 24.0. The van der Waals surface area contributed by atoms with Crippen molar-refractivity contribution in [1.82, 2.24) is 0 Å². The number of esters is 1. The van der Waals surface area contributed by atoms with Gasteiger partial charge in [-0.25, -0.2) is 8.42 Å². The zero-order valence-corrected chi connectivity index (χ0v) is 24.8. The lowest BCUT2D eigenvalue weighted by molar-refractivity contribution is -0.173. The van der Waals surface area contributed by atoms with Crippen LogP contribution < -0.4 is 0 Å². The molecule has 0 aromatic heterocycles. The molecule has 7 heteroatoms. The summed E-state index contributed by atoms with van der Waals surface area (Å²) in [5.41, 5.74) is 3.91. The van der Waals surface area contributed by atoms with E-state index in [9.17, 15) is 13.2 Å². The van der Waals surface area contributed by atoms with Crippen molar-refractivity contribution in [2.45, 2.75) is 91.3 Å². The first-order valence-corrected chi connectivity index (χ1v) is 16.8. The smallest absolute Gasteiger partial charge is 0.313 e. The van der Waals surface area contributed by atoms with Crippen molar-refractivity contribution in [3.63, 3.8) is 0 Å². The van der Waals surface area contributed by atoms with Crippen molar-refractivity contribution in [2.24, 2.45) is 5.92 Å². The molecule has 4 aliphatic rings. The first-order valence-electron chi connectivity index (χ1n) is 15.3. The van der Waals surface area contributed by atoms with Gasteiger partial charge in [0.15, 0.2) is 15.6 Å². The summed E-state index contributed by atoms with van der Waals surface area (Å²) in [6.07, 6.45) is 5.95. The van der Waals surface area contributed by atoms with Gasteiger partial charge in [0.05, 0.1) is 23.2 Å². The van der Waals surface area contributed by atoms with Crippen LogP contribution in [0.25, 0.3) is 0 Å². The molecule has 42 heavy (non-hydrogen) atoms. The van der Waals surface area contributed by atoms with Gasteiger partial charge in [0, 0.05) is 12.8 Å². The van der Waals surface area contributed by atoms with E-state index in [1.165, 1.54) is 7.11 Å². The molecule has 3 aromatic rings. The Labute approximate surface area is 248 Å². The third kappa shape index (κ3) is 5.31. The van der Waals surface area contributed by atoms with Crippen molar-refractivity contribution in [3.8, 4) is 0 Å². The summed E-state index contributed by atoms with van der Waals surface area (Å²) in [5.74, 6) is -1.02. The summed E-state index contributed by atoms with van der Waals surface area (Å²) in [4.78, 5) is 13.6. The summed E-state index contributed by atoms with van der Waals surface area (Å²) in [5, 5.41) is -0.252. The molecule has 1 aliphatic heterocycles. The van der Waals surface area contributed by atoms with Gasteiger partial charge in [-0.3, -0.25) is 4.79 Å². The van der Waals surface area contributed by atoms with Gasteiger partial charge in [0.2, 0.25) is 0 Å². The molecule has 3 aromatic carbocycles. The predicted molar refractivity (Wildman–Crippen MR) is 159 cm³/mol. The number of benzene rings is 3. The van der Waals surface area contributed by atoms with Gasteiger partial charge in [-0.15, -0.1) is 0 Å². The largest absolute Gasteiger partial charge is 0.469 e. The SMILES string of the molecule is COC(=O)C(C[C@H]1CCC2(C1)O[C@H](c1ccccc1)[C@@H](c1ccccc1)O2)c1ccc(S(=O)(=O)C2CC2)c(C2CC2)c1. The Morgan fingerprint density at radius 3 is 2.05 bits per heavy atom. The van der Waals surface area contributed by atoms with Crippen molar-refractivity contribution in [3.05, 3.63) is 101 Å². The second-order valence-electron chi connectivity index (χ2n) is 12.5. The lowest BCUT2D eigenvalue weighted by atomic mass is 9.86. The van der Waals surface area contributed by atoms with E-state index >= 15 is 0 Å². The quantitative estimate of drug-likeness (QED) is 0.247. The second kappa shape index (κ2) is 10.9. The molecule has 7 rings (SSSR count). The van der Waals surface area contributed by atoms with Gasteiger partial charge in [-0.1, -0.05) is 72.8 Å². The van der Waals surface area contributed by atoms with Gasteiger partial charge in [0.25, 0.3) is 0 Å². The topological polar surface area (TPSA) is 78.9 Å². The molecule has 3 saturated carbocycles. The van der Waals surface area contributed by atoms with Crippen LogP contribution in [-0.2, 0) is 28.8 Å². The molecule has 1 spiro atoms. The maximum Gasteiger partial charge on any atom is 0.313 e. The maximum atomic E-state index is 13.2. The first kappa shape index (κ1) is 27.8. The number of ether oxygens (including phenoxy) is 3. The highest BCUT2D eigenvalue weighted by atomic mass is 32.2. The van der Waals surface area contributed by atoms with Gasteiger partial charge in [-0.2, -0.15) is 0 Å². The number of rotatable bonds is 9. The van der Waals surface area contributed by atoms with Crippen LogP contribution in [0.4, 0.5) is 0 Å². The third-order valence-electron chi connectivity index (χ3n) is 9.53. The number of hydrogen-bond donors (Lipinski definition) is 0. The molecular weight excluding hydrogens is 548 g/mol. The Morgan fingerprint density at radius 2 is 1.50 bits per heavy atom. The molecule has 1 saturated heterocycles. The van der Waals surface area contributed by atoms with Gasteiger partial charge in [0.1, 0.15) is 12.2 Å². The van der Waals surface area contributed by atoms with Crippen LogP contribution >= 0.6 is 0 Å². The van der Waals surface area contributed by atoms with E-state index < -0.39 is 21.5 Å². The fraction of sp³-hybridized carbons (Fsp3) is 0.457. The highest BCUT2D eigenvalue weighted by Gasteiger charge is 2.53. The van der Waals surface area contributed by atoms with Crippen molar-refractivity contribution in [1.29, 1.82) is 0 Å². The maximum absolute atomic E-state index is 13.2. The van der Waals surface area contributed by atoms with E-state index in [4.69, 9.17) is 14.2 Å².